The highest BCUT2D eigenvalue weighted by Gasteiger charge is 1.81. The third-order valence-electron chi connectivity index (χ3n) is 0.405. The van der Waals surface area contributed by atoms with Gasteiger partial charge in [-0.2, -0.15) is 0 Å². The highest BCUT2D eigenvalue weighted by molar-refractivity contribution is 8.02. The number of hydrogen-bond acceptors (Lipinski definition) is 3. The molecule has 2 nitrogen and oxygen atoms in total. The third-order valence-corrected chi connectivity index (χ3v) is 1.22. The molecule has 0 aromatic carbocycles. The van der Waals surface area contributed by atoms with Crippen molar-refractivity contribution in [2.24, 2.45) is 11.5 Å². The summed E-state index contributed by atoms with van der Waals surface area (Å²) in [7, 11) is 0. The Morgan fingerprint density at radius 1 is 1.71 bits per heavy atom. The fourth-order valence-corrected chi connectivity index (χ4v) is 0.570. The van der Waals surface area contributed by atoms with Crippen LogP contribution in [0.4, 0.5) is 0 Å². The average molecular weight is 118 g/mol. The van der Waals surface area contributed by atoms with E-state index in [0.29, 0.717) is 11.6 Å². The van der Waals surface area contributed by atoms with E-state index in [4.69, 9.17) is 11.5 Å². The Morgan fingerprint density at radius 2 is 2.29 bits per heavy atom. The highest BCUT2D eigenvalue weighted by atomic mass is 32.2. The van der Waals surface area contributed by atoms with E-state index < -0.39 is 0 Å². The zero-order valence-electron chi connectivity index (χ0n) is 4.18. The van der Waals surface area contributed by atoms with Crippen LogP contribution in [-0.4, -0.2) is 12.3 Å². The van der Waals surface area contributed by atoms with E-state index in [0.717, 1.165) is 5.75 Å². The number of thioether (sulfide) groups is 1. The lowest BCUT2D eigenvalue weighted by atomic mass is 10.8. The highest BCUT2D eigenvalue weighted by Crippen LogP contribution is 2.03. The molecule has 0 rings (SSSR count). The second-order valence-corrected chi connectivity index (χ2v) is 2.32. The van der Waals surface area contributed by atoms with Crippen molar-refractivity contribution in [3.8, 4) is 0 Å². The van der Waals surface area contributed by atoms with E-state index in [-0.39, 0.29) is 0 Å². The SMILES string of the molecule is C=C(N)SCCN. The second kappa shape index (κ2) is 4.02. The van der Waals surface area contributed by atoms with Gasteiger partial charge in [0, 0.05) is 12.3 Å². The predicted octanol–water partition coefficient (Wildman–Crippen LogP) is 0.108. The van der Waals surface area contributed by atoms with Gasteiger partial charge in [-0.15, -0.1) is 11.8 Å². The Labute approximate surface area is 47.9 Å². The van der Waals surface area contributed by atoms with Gasteiger partial charge in [-0.25, -0.2) is 0 Å². The van der Waals surface area contributed by atoms with E-state index >= 15 is 0 Å². The van der Waals surface area contributed by atoms with Gasteiger partial charge in [-0.05, 0) is 0 Å². The fraction of sp³-hybridized carbons (Fsp3) is 0.500. The molecule has 0 unspecified atom stereocenters. The molecule has 0 aliphatic rings. The Hall–Kier alpha value is -0.150. The third kappa shape index (κ3) is 5.85. The summed E-state index contributed by atoms with van der Waals surface area (Å²) in [6.45, 7) is 4.15. The topological polar surface area (TPSA) is 52.0 Å². The van der Waals surface area contributed by atoms with Gasteiger partial charge in [0.15, 0.2) is 0 Å². The molecule has 0 aromatic rings. The summed E-state index contributed by atoms with van der Waals surface area (Å²) < 4.78 is 0. The molecule has 0 saturated carbocycles. The Balaban J connectivity index is 2.82. The van der Waals surface area contributed by atoms with Crippen LogP contribution in [0.2, 0.25) is 0 Å². The lowest BCUT2D eigenvalue weighted by Gasteiger charge is -1.92. The van der Waals surface area contributed by atoms with E-state index in [1.165, 1.54) is 11.8 Å². The lowest BCUT2D eigenvalue weighted by Crippen LogP contribution is -2.02. The van der Waals surface area contributed by atoms with Crippen LogP contribution in [0.1, 0.15) is 0 Å². The molecule has 0 spiro atoms. The molecular formula is C4H10N2S. The summed E-state index contributed by atoms with van der Waals surface area (Å²) in [6.07, 6.45) is 0. The van der Waals surface area contributed by atoms with Gasteiger partial charge in [0.05, 0.1) is 5.03 Å². The standard InChI is InChI=1S/C4H10N2S/c1-4(6)7-3-2-5/h1-3,5-6H2. The van der Waals surface area contributed by atoms with Gasteiger partial charge < -0.3 is 11.5 Å². The first-order chi connectivity index (χ1) is 3.27. The molecule has 0 radical (unpaired) electrons. The maximum absolute atomic E-state index is 5.19. The summed E-state index contributed by atoms with van der Waals surface area (Å²) in [5.74, 6) is 0.870. The molecule has 0 aliphatic carbocycles. The van der Waals surface area contributed by atoms with E-state index in [1.54, 1.807) is 0 Å². The molecule has 0 atom stereocenters. The van der Waals surface area contributed by atoms with Crippen LogP contribution in [0, 0.1) is 0 Å². The summed E-state index contributed by atoms with van der Waals surface area (Å²) >= 11 is 1.49. The smallest absolute Gasteiger partial charge is 0.0582 e. The molecule has 0 bridgehead atoms. The monoisotopic (exact) mass is 118 g/mol. The van der Waals surface area contributed by atoms with Gasteiger partial charge >= 0.3 is 0 Å². The molecule has 0 heterocycles. The molecule has 7 heavy (non-hydrogen) atoms. The quantitative estimate of drug-likeness (QED) is 0.553. The molecule has 3 heteroatoms. The second-order valence-electron chi connectivity index (χ2n) is 1.10. The minimum absolute atomic E-state index is 0.644. The lowest BCUT2D eigenvalue weighted by molar-refractivity contribution is 1.15. The van der Waals surface area contributed by atoms with Crippen LogP contribution in [0.5, 0.6) is 0 Å². The number of rotatable bonds is 3. The molecule has 0 aliphatic heterocycles. The maximum Gasteiger partial charge on any atom is 0.0582 e. The van der Waals surface area contributed by atoms with Gasteiger partial charge in [0.25, 0.3) is 0 Å². The number of nitrogens with two attached hydrogens (primary N) is 2. The molecule has 42 valence electrons. The van der Waals surface area contributed by atoms with Crippen LogP contribution >= 0.6 is 11.8 Å². The molecule has 4 N–H and O–H groups in total. The summed E-state index contributed by atoms with van der Waals surface area (Å²) in [6, 6.07) is 0. The normalized spacial score (nSPS) is 8.71. The van der Waals surface area contributed by atoms with Crippen molar-refractivity contribution in [3.05, 3.63) is 11.6 Å². The summed E-state index contributed by atoms with van der Waals surface area (Å²) in [4.78, 5) is 0. The maximum atomic E-state index is 5.19. The van der Waals surface area contributed by atoms with Crippen molar-refractivity contribution in [3.63, 3.8) is 0 Å². The van der Waals surface area contributed by atoms with Gasteiger partial charge in [0.2, 0.25) is 0 Å². The van der Waals surface area contributed by atoms with E-state index in [1.807, 2.05) is 0 Å². The summed E-state index contributed by atoms with van der Waals surface area (Å²) in [5.41, 5.74) is 10.4. The fourth-order valence-electron chi connectivity index (χ4n) is 0.190. The van der Waals surface area contributed by atoms with Crippen molar-refractivity contribution in [1.29, 1.82) is 0 Å². The van der Waals surface area contributed by atoms with Crippen molar-refractivity contribution in [1.82, 2.24) is 0 Å². The van der Waals surface area contributed by atoms with Crippen LogP contribution < -0.4 is 11.5 Å². The largest absolute Gasteiger partial charge is 0.394 e. The Bertz CT molecular complexity index is 62.7. The first-order valence-corrected chi connectivity index (χ1v) is 3.03. The van der Waals surface area contributed by atoms with Crippen molar-refractivity contribution in [2.45, 2.75) is 0 Å². The van der Waals surface area contributed by atoms with Crippen LogP contribution in [-0.2, 0) is 0 Å². The van der Waals surface area contributed by atoms with E-state index in [2.05, 4.69) is 6.58 Å². The average Bonchev–Trinajstić information content (AvgIpc) is 1.61. The molecule has 0 saturated heterocycles. The van der Waals surface area contributed by atoms with Crippen molar-refractivity contribution < 1.29 is 0 Å². The van der Waals surface area contributed by atoms with Gasteiger partial charge in [-0.3, -0.25) is 0 Å². The van der Waals surface area contributed by atoms with Crippen molar-refractivity contribution >= 4 is 11.8 Å². The molecule has 0 fully saturated rings. The minimum atomic E-state index is 0.644. The van der Waals surface area contributed by atoms with Gasteiger partial charge in [-0.1, -0.05) is 6.58 Å². The van der Waals surface area contributed by atoms with E-state index in [9.17, 15) is 0 Å². The predicted molar refractivity (Wildman–Crippen MR) is 34.8 cm³/mol. The number of hydrogen-bond donors (Lipinski definition) is 2. The molecule has 0 aromatic heterocycles. The van der Waals surface area contributed by atoms with Gasteiger partial charge in [0.1, 0.15) is 0 Å². The Morgan fingerprint density at radius 3 is 2.43 bits per heavy atom. The van der Waals surface area contributed by atoms with Crippen LogP contribution in [0.25, 0.3) is 0 Å². The zero-order chi connectivity index (χ0) is 5.70. The molecule has 0 amide bonds. The van der Waals surface area contributed by atoms with Crippen molar-refractivity contribution in [2.75, 3.05) is 12.3 Å². The summed E-state index contributed by atoms with van der Waals surface area (Å²) in [5, 5.41) is 0.644. The Kier molecular flexibility index (Phi) is 3.93. The zero-order valence-corrected chi connectivity index (χ0v) is 5.00. The minimum Gasteiger partial charge on any atom is -0.394 e. The first kappa shape index (κ1) is 6.85. The first-order valence-electron chi connectivity index (χ1n) is 2.04. The molecular weight excluding hydrogens is 108 g/mol. The van der Waals surface area contributed by atoms with Crippen LogP contribution in [0.3, 0.4) is 0 Å². The van der Waals surface area contributed by atoms with Crippen LogP contribution in [0.15, 0.2) is 11.6 Å².